The molecule has 0 fully saturated rings. The molecule has 0 saturated carbocycles. The van der Waals surface area contributed by atoms with Gasteiger partial charge in [0.1, 0.15) is 11.8 Å². The number of para-hydroxylation sites is 1. The van der Waals surface area contributed by atoms with Crippen molar-refractivity contribution in [2.75, 3.05) is 0 Å². The minimum Gasteiger partial charge on any atom is -0.507 e. The molecule has 4 aromatic rings. The van der Waals surface area contributed by atoms with Crippen LogP contribution in [0.25, 0.3) is 10.9 Å². The van der Waals surface area contributed by atoms with Gasteiger partial charge in [-0.15, -0.1) is 11.3 Å². The van der Waals surface area contributed by atoms with Crippen molar-refractivity contribution in [2.45, 2.75) is 12.5 Å². The summed E-state index contributed by atoms with van der Waals surface area (Å²) in [6, 6.07) is 14.0. The predicted octanol–water partition coefficient (Wildman–Crippen LogP) is 3.39. The number of phenols is 1. The third-order valence-electron chi connectivity index (χ3n) is 4.97. The van der Waals surface area contributed by atoms with E-state index in [1.165, 1.54) is 29.5 Å². The second-order valence-corrected chi connectivity index (χ2v) is 8.56. The maximum atomic E-state index is 13.0. The molecule has 2 aromatic carbocycles. The Hall–Kier alpha value is -3.82. The van der Waals surface area contributed by atoms with E-state index in [9.17, 15) is 19.5 Å². The lowest BCUT2D eigenvalue weighted by Crippen LogP contribution is -2.53. The molecule has 0 aliphatic heterocycles. The van der Waals surface area contributed by atoms with Crippen molar-refractivity contribution in [2.24, 2.45) is 0 Å². The summed E-state index contributed by atoms with van der Waals surface area (Å²) in [6.07, 6.45) is 1.97. The van der Waals surface area contributed by atoms with Crippen LogP contribution in [0, 0.1) is 0 Å². The van der Waals surface area contributed by atoms with Crippen LogP contribution in [0.2, 0.25) is 5.02 Å². The molecule has 2 aromatic heterocycles. The molecule has 0 saturated heterocycles. The number of halogens is 1. The molecule has 8 nitrogen and oxygen atoms in total. The quantitative estimate of drug-likeness (QED) is 0.270. The highest BCUT2D eigenvalue weighted by molar-refractivity contribution is 7.12. The number of aromatic hydroxyl groups is 1. The van der Waals surface area contributed by atoms with Crippen molar-refractivity contribution in [3.63, 3.8) is 0 Å². The van der Waals surface area contributed by atoms with Gasteiger partial charge in [0.15, 0.2) is 0 Å². The maximum absolute atomic E-state index is 13.0. The number of phenolic OH excluding ortho intramolecular Hbond substituents is 1. The molecule has 4 rings (SSSR count). The highest BCUT2D eigenvalue weighted by atomic mass is 35.5. The first-order valence-electron chi connectivity index (χ1n) is 9.90. The molecule has 0 spiro atoms. The summed E-state index contributed by atoms with van der Waals surface area (Å²) < 4.78 is 0. The number of benzene rings is 2. The number of thiophene rings is 1. The summed E-state index contributed by atoms with van der Waals surface area (Å²) in [6.45, 7) is 0. The van der Waals surface area contributed by atoms with Crippen LogP contribution in [0.1, 0.15) is 25.6 Å². The summed E-state index contributed by atoms with van der Waals surface area (Å²) in [5, 5.41) is 15.6. The number of aromatic nitrogens is 1. The maximum Gasteiger partial charge on any atom is 0.273 e. The van der Waals surface area contributed by atoms with Crippen LogP contribution in [-0.4, -0.2) is 33.9 Å². The first-order valence-corrected chi connectivity index (χ1v) is 11.2. The van der Waals surface area contributed by atoms with Crippen molar-refractivity contribution < 1.29 is 19.5 Å². The second kappa shape index (κ2) is 9.76. The average molecular weight is 483 g/mol. The number of aromatic amines is 1. The monoisotopic (exact) mass is 482 g/mol. The van der Waals surface area contributed by atoms with E-state index < -0.39 is 23.8 Å². The van der Waals surface area contributed by atoms with E-state index in [1.54, 1.807) is 23.7 Å². The number of fused-ring (bicyclic) bond motifs is 1. The number of amides is 3. The van der Waals surface area contributed by atoms with E-state index in [0.717, 1.165) is 16.5 Å². The van der Waals surface area contributed by atoms with Gasteiger partial charge in [0.05, 0.1) is 10.4 Å². The number of rotatable bonds is 6. The van der Waals surface area contributed by atoms with Gasteiger partial charge in [-0.1, -0.05) is 35.9 Å². The molecule has 0 aliphatic carbocycles. The van der Waals surface area contributed by atoms with Gasteiger partial charge in [-0.25, -0.2) is 0 Å². The standard InChI is InChI=1S/C23H19ClN4O4S/c24-14-7-8-19(29)16(11-14)21(30)27-28-22(31)18(26-23(32)20-6-3-9-33-20)10-13-12-25-17-5-2-1-4-15(13)17/h1-9,11-12,18,25,29H,10H2,(H,26,32)(H,27,30)(H,28,31)/t18-/m0/s1. The number of hydrazine groups is 1. The number of carbonyl (C=O) groups excluding carboxylic acids is 3. The number of nitrogens with one attached hydrogen (secondary N) is 4. The number of H-pyrrole nitrogens is 1. The Morgan fingerprint density at radius 2 is 1.85 bits per heavy atom. The molecule has 0 unspecified atom stereocenters. The average Bonchev–Trinajstić information content (AvgIpc) is 3.49. The Labute approximate surface area is 197 Å². The lowest BCUT2D eigenvalue weighted by atomic mass is 10.0. The SMILES string of the molecule is O=C(N[C@@H](Cc1c[nH]c2ccccc12)C(=O)NNC(=O)c1cc(Cl)ccc1O)c1cccs1. The smallest absolute Gasteiger partial charge is 0.273 e. The summed E-state index contributed by atoms with van der Waals surface area (Å²) >= 11 is 7.13. The van der Waals surface area contributed by atoms with E-state index in [1.807, 2.05) is 24.3 Å². The normalized spacial score (nSPS) is 11.7. The molecular weight excluding hydrogens is 464 g/mol. The molecule has 1 atom stereocenters. The lowest BCUT2D eigenvalue weighted by molar-refractivity contribution is -0.123. The summed E-state index contributed by atoms with van der Waals surface area (Å²) in [5.41, 5.74) is 6.22. The summed E-state index contributed by atoms with van der Waals surface area (Å²) in [4.78, 5) is 41.6. The lowest BCUT2D eigenvalue weighted by Gasteiger charge is -2.18. The Kier molecular flexibility index (Phi) is 6.62. The molecule has 3 amide bonds. The topological polar surface area (TPSA) is 123 Å². The first-order chi connectivity index (χ1) is 15.9. The van der Waals surface area contributed by atoms with E-state index in [2.05, 4.69) is 21.2 Å². The zero-order valence-electron chi connectivity index (χ0n) is 17.1. The Morgan fingerprint density at radius 1 is 1.03 bits per heavy atom. The highest BCUT2D eigenvalue weighted by Gasteiger charge is 2.24. The van der Waals surface area contributed by atoms with E-state index in [-0.39, 0.29) is 22.8 Å². The van der Waals surface area contributed by atoms with Crippen LogP contribution >= 0.6 is 22.9 Å². The summed E-state index contributed by atoms with van der Waals surface area (Å²) in [5.74, 6) is -2.06. The molecule has 5 N–H and O–H groups in total. The Balaban J connectivity index is 1.51. The second-order valence-electron chi connectivity index (χ2n) is 7.17. The van der Waals surface area contributed by atoms with Gasteiger partial charge in [-0.05, 0) is 41.3 Å². The Bertz CT molecular complexity index is 1320. The van der Waals surface area contributed by atoms with Gasteiger partial charge in [0, 0.05) is 28.5 Å². The molecular formula is C23H19ClN4O4S. The third-order valence-corrected chi connectivity index (χ3v) is 6.07. The fourth-order valence-corrected chi connectivity index (χ4v) is 4.13. The molecule has 0 aliphatic rings. The van der Waals surface area contributed by atoms with Crippen molar-refractivity contribution >= 4 is 51.6 Å². The predicted molar refractivity (Wildman–Crippen MR) is 126 cm³/mol. The van der Waals surface area contributed by atoms with Gasteiger partial charge in [-0.3, -0.25) is 25.2 Å². The number of hydrogen-bond acceptors (Lipinski definition) is 5. The van der Waals surface area contributed by atoms with Gasteiger partial charge in [0.2, 0.25) is 0 Å². The minimum atomic E-state index is -0.980. The fraction of sp³-hybridized carbons (Fsp3) is 0.0870. The Morgan fingerprint density at radius 3 is 2.64 bits per heavy atom. The van der Waals surface area contributed by atoms with Crippen LogP contribution in [0.5, 0.6) is 5.75 Å². The molecule has 10 heteroatoms. The van der Waals surface area contributed by atoms with Gasteiger partial charge < -0.3 is 15.4 Å². The number of hydrogen-bond donors (Lipinski definition) is 5. The van der Waals surface area contributed by atoms with Crippen LogP contribution in [0.15, 0.2) is 66.2 Å². The van der Waals surface area contributed by atoms with Crippen LogP contribution in [-0.2, 0) is 11.2 Å². The van der Waals surface area contributed by atoms with Gasteiger partial charge in [-0.2, -0.15) is 0 Å². The zero-order valence-corrected chi connectivity index (χ0v) is 18.7. The van der Waals surface area contributed by atoms with Crippen molar-refractivity contribution in [1.29, 1.82) is 0 Å². The zero-order chi connectivity index (χ0) is 23.4. The van der Waals surface area contributed by atoms with Crippen LogP contribution in [0.3, 0.4) is 0 Å². The molecule has 0 bridgehead atoms. The van der Waals surface area contributed by atoms with Gasteiger partial charge in [0.25, 0.3) is 17.7 Å². The highest BCUT2D eigenvalue weighted by Crippen LogP contribution is 2.21. The fourth-order valence-electron chi connectivity index (χ4n) is 3.33. The number of carbonyl (C=O) groups is 3. The molecule has 168 valence electrons. The van der Waals surface area contributed by atoms with E-state index in [0.29, 0.717) is 4.88 Å². The van der Waals surface area contributed by atoms with Crippen LogP contribution < -0.4 is 16.2 Å². The van der Waals surface area contributed by atoms with Crippen LogP contribution in [0.4, 0.5) is 0 Å². The summed E-state index contributed by atoms with van der Waals surface area (Å²) in [7, 11) is 0. The third kappa shape index (κ3) is 5.16. The van der Waals surface area contributed by atoms with Gasteiger partial charge >= 0.3 is 0 Å². The molecule has 0 radical (unpaired) electrons. The van der Waals surface area contributed by atoms with Crippen molar-refractivity contribution in [3.8, 4) is 5.75 Å². The minimum absolute atomic E-state index is 0.0985. The van der Waals surface area contributed by atoms with Crippen molar-refractivity contribution in [1.82, 2.24) is 21.2 Å². The van der Waals surface area contributed by atoms with E-state index in [4.69, 9.17) is 11.6 Å². The molecule has 33 heavy (non-hydrogen) atoms. The van der Waals surface area contributed by atoms with Crippen molar-refractivity contribution in [3.05, 3.63) is 87.2 Å². The van der Waals surface area contributed by atoms with E-state index >= 15 is 0 Å². The molecule has 2 heterocycles. The largest absolute Gasteiger partial charge is 0.507 e. The first kappa shape index (κ1) is 22.4.